The fourth-order valence-electron chi connectivity index (χ4n) is 3.58. The van der Waals surface area contributed by atoms with Crippen LogP contribution in [0.1, 0.15) is 30.0 Å². The average Bonchev–Trinajstić information content (AvgIpc) is 3.32. The zero-order valence-electron chi connectivity index (χ0n) is 14.4. The van der Waals surface area contributed by atoms with Crippen molar-refractivity contribution in [2.75, 3.05) is 6.54 Å². The number of hydrogen-bond acceptors (Lipinski definition) is 2. The van der Waals surface area contributed by atoms with Crippen molar-refractivity contribution in [1.29, 1.82) is 0 Å². The molecule has 132 valence electrons. The van der Waals surface area contributed by atoms with E-state index in [4.69, 9.17) is 0 Å². The maximum atomic E-state index is 12.9. The molecule has 1 saturated heterocycles. The van der Waals surface area contributed by atoms with Crippen molar-refractivity contribution in [3.05, 3.63) is 82.6 Å². The maximum absolute atomic E-state index is 12.9. The Morgan fingerprint density at radius 2 is 2.00 bits per heavy atom. The van der Waals surface area contributed by atoms with Gasteiger partial charge in [0.25, 0.3) is 0 Å². The quantitative estimate of drug-likeness (QED) is 0.634. The molecule has 0 saturated carbocycles. The zero-order valence-corrected chi connectivity index (χ0v) is 16.0. The van der Waals surface area contributed by atoms with Gasteiger partial charge in [0.2, 0.25) is 5.91 Å². The number of nitrogens with zero attached hydrogens (tertiary/aromatic N) is 3. The number of para-hydroxylation sites is 1. The molecule has 1 aliphatic heterocycles. The van der Waals surface area contributed by atoms with Crippen LogP contribution in [0.3, 0.4) is 0 Å². The largest absolute Gasteiger partial charge is 0.335 e. The van der Waals surface area contributed by atoms with Crippen molar-refractivity contribution >= 4 is 21.8 Å². The van der Waals surface area contributed by atoms with Crippen LogP contribution in [-0.4, -0.2) is 27.1 Å². The van der Waals surface area contributed by atoms with Gasteiger partial charge in [-0.1, -0.05) is 46.3 Å². The Labute approximate surface area is 161 Å². The highest BCUT2D eigenvalue weighted by atomic mass is 79.9. The molecule has 1 fully saturated rings. The predicted molar refractivity (Wildman–Crippen MR) is 105 cm³/mol. The topological polar surface area (TPSA) is 38.1 Å². The fourth-order valence-corrected chi connectivity index (χ4v) is 3.99. The molecule has 0 N–H and O–H groups in total. The SMILES string of the molecule is O=C(Cc1cnn(-c2ccccc2)c1)N1CCC[C@@H]1c1cccc(Br)c1. The minimum Gasteiger partial charge on any atom is -0.335 e. The van der Waals surface area contributed by atoms with Gasteiger partial charge in [0.1, 0.15) is 0 Å². The molecule has 2 heterocycles. The smallest absolute Gasteiger partial charge is 0.227 e. The number of likely N-dealkylation sites (tertiary alicyclic amines) is 1. The van der Waals surface area contributed by atoms with Crippen LogP contribution in [0.4, 0.5) is 0 Å². The molecule has 1 atom stereocenters. The Kier molecular flexibility index (Phi) is 4.89. The molecule has 26 heavy (non-hydrogen) atoms. The lowest BCUT2D eigenvalue weighted by Gasteiger charge is -2.25. The van der Waals surface area contributed by atoms with Crippen LogP contribution in [0.5, 0.6) is 0 Å². The summed E-state index contributed by atoms with van der Waals surface area (Å²) in [6.07, 6.45) is 6.18. The van der Waals surface area contributed by atoms with Crippen molar-refractivity contribution in [3.8, 4) is 5.69 Å². The van der Waals surface area contributed by atoms with Gasteiger partial charge in [0, 0.05) is 17.2 Å². The van der Waals surface area contributed by atoms with E-state index < -0.39 is 0 Å². The highest BCUT2D eigenvalue weighted by Gasteiger charge is 2.30. The standard InChI is InChI=1S/C21H20BrN3O/c22-18-7-4-6-17(13-18)20-10-5-11-24(20)21(26)12-16-14-23-25(15-16)19-8-2-1-3-9-19/h1-4,6-9,13-15,20H,5,10-12H2/t20-/m1/s1. The molecule has 1 aliphatic rings. The molecule has 1 aromatic heterocycles. The summed E-state index contributed by atoms with van der Waals surface area (Å²) in [6, 6.07) is 18.4. The van der Waals surface area contributed by atoms with Gasteiger partial charge >= 0.3 is 0 Å². The highest BCUT2D eigenvalue weighted by Crippen LogP contribution is 2.33. The van der Waals surface area contributed by atoms with Crippen LogP contribution in [0.25, 0.3) is 5.69 Å². The second kappa shape index (κ2) is 7.46. The van der Waals surface area contributed by atoms with Crippen LogP contribution in [-0.2, 0) is 11.2 Å². The van der Waals surface area contributed by atoms with E-state index in [1.165, 1.54) is 5.56 Å². The van der Waals surface area contributed by atoms with Gasteiger partial charge in [0.05, 0.1) is 24.3 Å². The molecule has 5 heteroatoms. The molecule has 0 spiro atoms. The minimum absolute atomic E-state index is 0.167. The van der Waals surface area contributed by atoms with Crippen LogP contribution in [0, 0.1) is 0 Å². The van der Waals surface area contributed by atoms with Crippen LogP contribution < -0.4 is 0 Å². The Bertz CT molecular complexity index is 906. The zero-order chi connectivity index (χ0) is 17.9. The number of halogens is 1. The number of hydrogen-bond donors (Lipinski definition) is 0. The molecule has 4 nitrogen and oxygen atoms in total. The Hall–Kier alpha value is -2.40. The molecule has 0 radical (unpaired) electrons. The Morgan fingerprint density at radius 1 is 1.15 bits per heavy atom. The Balaban J connectivity index is 1.48. The summed E-state index contributed by atoms with van der Waals surface area (Å²) in [5, 5.41) is 4.39. The maximum Gasteiger partial charge on any atom is 0.227 e. The molecular weight excluding hydrogens is 390 g/mol. The van der Waals surface area contributed by atoms with E-state index in [1.807, 2.05) is 58.2 Å². The van der Waals surface area contributed by atoms with Crippen LogP contribution >= 0.6 is 15.9 Å². The van der Waals surface area contributed by atoms with Gasteiger partial charge in [-0.25, -0.2) is 4.68 Å². The van der Waals surface area contributed by atoms with Gasteiger partial charge in [-0.3, -0.25) is 4.79 Å². The first-order valence-electron chi connectivity index (χ1n) is 8.84. The van der Waals surface area contributed by atoms with Crippen molar-refractivity contribution in [2.24, 2.45) is 0 Å². The number of carbonyl (C=O) groups is 1. The second-order valence-corrected chi connectivity index (χ2v) is 7.52. The molecule has 1 amide bonds. The summed E-state index contributed by atoms with van der Waals surface area (Å²) in [6.45, 7) is 0.822. The molecule has 0 aliphatic carbocycles. The van der Waals surface area contributed by atoms with E-state index in [2.05, 4.69) is 33.2 Å². The van der Waals surface area contributed by atoms with Crippen molar-refractivity contribution < 1.29 is 4.79 Å². The monoisotopic (exact) mass is 409 g/mol. The molecule has 0 unspecified atom stereocenters. The average molecular weight is 410 g/mol. The minimum atomic E-state index is 0.167. The van der Waals surface area contributed by atoms with Crippen molar-refractivity contribution in [3.63, 3.8) is 0 Å². The number of carbonyl (C=O) groups excluding carboxylic acids is 1. The summed E-state index contributed by atoms with van der Waals surface area (Å²) in [7, 11) is 0. The highest BCUT2D eigenvalue weighted by molar-refractivity contribution is 9.10. The third kappa shape index (κ3) is 3.58. The number of amides is 1. The lowest BCUT2D eigenvalue weighted by atomic mass is 10.0. The van der Waals surface area contributed by atoms with Crippen molar-refractivity contribution in [2.45, 2.75) is 25.3 Å². The third-order valence-electron chi connectivity index (χ3n) is 4.82. The normalized spacial score (nSPS) is 16.8. The van der Waals surface area contributed by atoms with Crippen molar-refractivity contribution in [1.82, 2.24) is 14.7 Å². The van der Waals surface area contributed by atoms with Crippen LogP contribution in [0.2, 0.25) is 0 Å². The fraction of sp³-hybridized carbons (Fsp3) is 0.238. The molecule has 2 aromatic carbocycles. The molecular formula is C21H20BrN3O. The van der Waals surface area contributed by atoms with Gasteiger partial charge in [-0.2, -0.15) is 5.10 Å². The van der Waals surface area contributed by atoms with E-state index in [9.17, 15) is 4.79 Å². The number of aromatic nitrogens is 2. The molecule has 0 bridgehead atoms. The van der Waals surface area contributed by atoms with Gasteiger partial charge in [0.15, 0.2) is 0 Å². The summed E-state index contributed by atoms with van der Waals surface area (Å²) in [4.78, 5) is 14.9. The summed E-state index contributed by atoms with van der Waals surface area (Å²) in [5.74, 6) is 0.167. The van der Waals surface area contributed by atoms with E-state index >= 15 is 0 Å². The van der Waals surface area contributed by atoms with Gasteiger partial charge in [-0.05, 0) is 48.2 Å². The lowest BCUT2D eigenvalue weighted by molar-refractivity contribution is -0.131. The lowest BCUT2D eigenvalue weighted by Crippen LogP contribution is -2.31. The first-order valence-corrected chi connectivity index (χ1v) is 9.64. The first-order chi connectivity index (χ1) is 12.7. The van der Waals surface area contributed by atoms with Gasteiger partial charge in [-0.15, -0.1) is 0 Å². The predicted octanol–water partition coefficient (Wildman–Crippen LogP) is 4.54. The Morgan fingerprint density at radius 3 is 2.81 bits per heavy atom. The first kappa shape index (κ1) is 17.0. The number of benzene rings is 2. The third-order valence-corrected chi connectivity index (χ3v) is 5.31. The second-order valence-electron chi connectivity index (χ2n) is 6.61. The van der Waals surface area contributed by atoms with E-state index in [-0.39, 0.29) is 11.9 Å². The summed E-state index contributed by atoms with van der Waals surface area (Å²) >= 11 is 3.53. The van der Waals surface area contributed by atoms with Gasteiger partial charge < -0.3 is 4.90 Å². The summed E-state index contributed by atoms with van der Waals surface area (Å²) in [5.41, 5.74) is 3.14. The molecule has 4 rings (SSSR count). The van der Waals surface area contributed by atoms with E-state index in [1.54, 1.807) is 6.20 Å². The van der Waals surface area contributed by atoms with Crippen LogP contribution in [0.15, 0.2) is 71.5 Å². The van der Waals surface area contributed by atoms with E-state index in [0.29, 0.717) is 6.42 Å². The number of rotatable bonds is 4. The van der Waals surface area contributed by atoms with E-state index in [0.717, 1.165) is 35.1 Å². The summed E-state index contributed by atoms with van der Waals surface area (Å²) < 4.78 is 2.87. The molecule has 3 aromatic rings.